The molecule has 0 fully saturated rings. The van der Waals surface area contributed by atoms with Gasteiger partial charge in [-0.05, 0) is 12.5 Å². The number of pyridine rings is 1. The van der Waals surface area contributed by atoms with Crippen molar-refractivity contribution < 1.29 is 4.79 Å². The molecule has 6 heteroatoms. The van der Waals surface area contributed by atoms with Crippen LogP contribution in [0.2, 0.25) is 0 Å². The van der Waals surface area contributed by atoms with Gasteiger partial charge in [-0.15, -0.1) is 0 Å². The van der Waals surface area contributed by atoms with Gasteiger partial charge in [-0.25, -0.2) is 9.97 Å². The normalized spacial score (nSPS) is 10.5. The highest BCUT2D eigenvalue weighted by Gasteiger charge is 2.11. The van der Waals surface area contributed by atoms with E-state index in [0.29, 0.717) is 5.82 Å². The standard InChI is InChI=1S/C12H15N5O/c1-2-3-10-15-4-5-17(10)11-6-8(12(14)18)9(13)7-16-11/h4-7H,2-3,13H2,1H3,(H2,14,18). The fourth-order valence-corrected chi connectivity index (χ4v) is 1.75. The fraction of sp³-hybridized carbons (Fsp3) is 0.250. The molecule has 6 nitrogen and oxygen atoms in total. The Labute approximate surface area is 105 Å². The monoisotopic (exact) mass is 245 g/mol. The third-order valence-corrected chi connectivity index (χ3v) is 2.62. The number of nitrogens with two attached hydrogens (primary N) is 2. The van der Waals surface area contributed by atoms with Gasteiger partial charge in [0.15, 0.2) is 0 Å². The van der Waals surface area contributed by atoms with Crippen molar-refractivity contribution >= 4 is 11.6 Å². The van der Waals surface area contributed by atoms with Gasteiger partial charge in [0.1, 0.15) is 11.6 Å². The molecule has 2 heterocycles. The van der Waals surface area contributed by atoms with Crippen LogP contribution in [0.5, 0.6) is 0 Å². The number of rotatable bonds is 4. The summed E-state index contributed by atoms with van der Waals surface area (Å²) in [6, 6.07) is 1.58. The van der Waals surface area contributed by atoms with Gasteiger partial charge in [0.2, 0.25) is 0 Å². The number of hydrogen-bond donors (Lipinski definition) is 2. The van der Waals surface area contributed by atoms with E-state index in [9.17, 15) is 4.79 Å². The summed E-state index contributed by atoms with van der Waals surface area (Å²) in [5.74, 6) is 0.928. The quantitative estimate of drug-likeness (QED) is 0.835. The minimum Gasteiger partial charge on any atom is -0.397 e. The molecule has 0 unspecified atom stereocenters. The van der Waals surface area contributed by atoms with Gasteiger partial charge in [0.25, 0.3) is 5.91 Å². The van der Waals surface area contributed by atoms with Crippen LogP contribution in [0.1, 0.15) is 29.5 Å². The zero-order chi connectivity index (χ0) is 13.1. The highest BCUT2D eigenvalue weighted by atomic mass is 16.1. The minimum absolute atomic E-state index is 0.274. The van der Waals surface area contributed by atoms with Crippen LogP contribution in [0.4, 0.5) is 5.69 Å². The summed E-state index contributed by atoms with van der Waals surface area (Å²) >= 11 is 0. The molecule has 0 radical (unpaired) electrons. The van der Waals surface area contributed by atoms with Crippen molar-refractivity contribution in [2.24, 2.45) is 5.73 Å². The molecule has 2 rings (SSSR count). The SMILES string of the molecule is CCCc1nccn1-c1cc(C(N)=O)c(N)cn1. The molecule has 94 valence electrons. The van der Waals surface area contributed by atoms with Gasteiger partial charge in [0, 0.05) is 18.8 Å². The summed E-state index contributed by atoms with van der Waals surface area (Å²) in [5, 5.41) is 0. The molecule has 0 aromatic carbocycles. The number of carbonyl (C=O) groups excluding carboxylic acids is 1. The number of nitrogens with zero attached hydrogens (tertiary/aromatic N) is 3. The summed E-state index contributed by atoms with van der Waals surface area (Å²) in [4.78, 5) is 19.7. The smallest absolute Gasteiger partial charge is 0.250 e. The first kappa shape index (κ1) is 12.1. The van der Waals surface area contributed by atoms with Crippen molar-refractivity contribution in [3.63, 3.8) is 0 Å². The van der Waals surface area contributed by atoms with E-state index in [4.69, 9.17) is 11.5 Å². The molecule has 0 spiro atoms. The van der Waals surface area contributed by atoms with Crippen LogP contribution in [-0.4, -0.2) is 20.4 Å². The van der Waals surface area contributed by atoms with E-state index in [-0.39, 0.29) is 11.3 Å². The molecule has 0 atom stereocenters. The Hall–Kier alpha value is -2.37. The molecule has 4 N–H and O–H groups in total. The third kappa shape index (κ3) is 2.17. The first-order valence-corrected chi connectivity index (χ1v) is 5.71. The van der Waals surface area contributed by atoms with E-state index < -0.39 is 5.91 Å². The van der Waals surface area contributed by atoms with Crippen molar-refractivity contribution in [1.82, 2.24) is 14.5 Å². The second kappa shape index (κ2) is 4.87. The van der Waals surface area contributed by atoms with E-state index >= 15 is 0 Å². The maximum absolute atomic E-state index is 11.2. The van der Waals surface area contributed by atoms with Crippen molar-refractivity contribution in [2.45, 2.75) is 19.8 Å². The lowest BCUT2D eigenvalue weighted by Crippen LogP contribution is -2.15. The first-order valence-electron chi connectivity index (χ1n) is 5.71. The number of anilines is 1. The zero-order valence-electron chi connectivity index (χ0n) is 10.1. The maximum atomic E-state index is 11.2. The molecule has 2 aromatic heterocycles. The maximum Gasteiger partial charge on any atom is 0.250 e. The second-order valence-electron chi connectivity index (χ2n) is 3.96. The average molecular weight is 245 g/mol. The van der Waals surface area contributed by atoms with Crippen LogP contribution in [0, 0.1) is 0 Å². The molecular weight excluding hydrogens is 230 g/mol. The van der Waals surface area contributed by atoms with E-state index in [0.717, 1.165) is 18.7 Å². The molecule has 0 saturated carbocycles. The van der Waals surface area contributed by atoms with Crippen LogP contribution < -0.4 is 11.5 Å². The number of hydrogen-bond acceptors (Lipinski definition) is 4. The van der Waals surface area contributed by atoms with Crippen LogP contribution in [0.15, 0.2) is 24.7 Å². The average Bonchev–Trinajstić information content (AvgIpc) is 2.78. The number of carbonyl (C=O) groups is 1. The van der Waals surface area contributed by atoms with Crippen molar-refractivity contribution in [3.8, 4) is 5.82 Å². The van der Waals surface area contributed by atoms with E-state index in [2.05, 4.69) is 16.9 Å². The minimum atomic E-state index is -0.562. The molecule has 0 saturated heterocycles. The predicted molar refractivity (Wildman–Crippen MR) is 68.3 cm³/mol. The van der Waals surface area contributed by atoms with Crippen molar-refractivity contribution in [3.05, 3.63) is 36.0 Å². The van der Waals surface area contributed by atoms with Gasteiger partial charge < -0.3 is 11.5 Å². The van der Waals surface area contributed by atoms with Gasteiger partial charge >= 0.3 is 0 Å². The number of aryl methyl sites for hydroxylation is 1. The van der Waals surface area contributed by atoms with Crippen molar-refractivity contribution in [1.29, 1.82) is 0 Å². The number of amides is 1. The molecule has 0 aliphatic heterocycles. The molecule has 0 aliphatic carbocycles. The van der Waals surface area contributed by atoms with Crippen LogP contribution >= 0.6 is 0 Å². The highest BCUT2D eigenvalue weighted by Crippen LogP contribution is 2.15. The predicted octanol–water partition coefficient (Wildman–Crippen LogP) is 0.901. The third-order valence-electron chi connectivity index (χ3n) is 2.62. The lowest BCUT2D eigenvalue weighted by Gasteiger charge is -2.08. The summed E-state index contributed by atoms with van der Waals surface area (Å²) < 4.78 is 1.83. The first-order chi connectivity index (χ1) is 8.63. The largest absolute Gasteiger partial charge is 0.397 e. The Morgan fingerprint density at radius 1 is 1.44 bits per heavy atom. The van der Waals surface area contributed by atoms with Crippen LogP contribution in [0.3, 0.4) is 0 Å². The molecule has 18 heavy (non-hydrogen) atoms. The Balaban J connectivity index is 2.47. The number of aromatic nitrogens is 3. The summed E-state index contributed by atoms with van der Waals surface area (Å²) in [6.45, 7) is 2.07. The Morgan fingerprint density at radius 2 is 2.22 bits per heavy atom. The molecule has 2 aromatic rings. The van der Waals surface area contributed by atoms with Gasteiger partial charge in [0.05, 0.1) is 17.4 Å². The number of nitrogen functional groups attached to an aromatic ring is 1. The highest BCUT2D eigenvalue weighted by molar-refractivity contribution is 5.98. The topological polar surface area (TPSA) is 99.8 Å². The number of primary amides is 1. The molecule has 1 amide bonds. The molecule has 0 bridgehead atoms. The van der Waals surface area contributed by atoms with Crippen LogP contribution in [-0.2, 0) is 6.42 Å². The summed E-state index contributed by atoms with van der Waals surface area (Å²) in [7, 11) is 0. The van der Waals surface area contributed by atoms with Gasteiger partial charge in [-0.2, -0.15) is 0 Å². The fourth-order valence-electron chi connectivity index (χ4n) is 1.75. The molecule has 0 aliphatic rings. The van der Waals surface area contributed by atoms with Gasteiger partial charge in [-0.1, -0.05) is 6.92 Å². The lowest BCUT2D eigenvalue weighted by atomic mass is 10.2. The van der Waals surface area contributed by atoms with E-state index in [1.54, 1.807) is 18.5 Å². The lowest BCUT2D eigenvalue weighted by molar-refractivity contribution is 0.100. The summed E-state index contributed by atoms with van der Waals surface area (Å²) in [5.41, 5.74) is 11.5. The Bertz CT molecular complexity index is 576. The summed E-state index contributed by atoms with van der Waals surface area (Å²) in [6.07, 6.45) is 6.76. The molecular formula is C12H15N5O. The van der Waals surface area contributed by atoms with E-state index in [1.807, 2.05) is 4.57 Å². The Kier molecular flexibility index (Phi) is 3.27. The van der Waals surface area contributed by atoms with Crippen molar-refractivity contribution in [2.75, 3.05) is 5.73 Å². The number of imidazole rings is 1. The van der Waals surface area contributed by atoms with Gasteiger partial charge in [-0.3, -0.25) is 9.36 Å². The Morgan fingerprint density at radius 3 is 2.89 bits per heavy atom. The second-order valence-corrected chi connectivity index (χ2v) is 3.96. The zero-order valence-corrected chi connectivity index (χ0v) is 10.1. The van der Waals surface area contributed by atoms with Crippen LogP contribution in [0.25, 0.3) is 5.82 Å². The van der Waals surface area contributed by atoms with E-state index in [1.165, 1.54) is 6.20 Å².